The van der Waals surface area contributed by atoms with Crippen LogP contribution in [0.2, 0.25) is 0 Å². The zero-order chi connectivity index (χ0) is 37.0. The summed E-state index contributed by atoms with van der Waals surface area (Å²) in [6.07, 6.45) is 0. The Labute approximate surface area is 330 Å². The van der Waals surface area contributed by atoms with Crippen molar-refractivity contribution in [2.45, 2.75) is 0 Å². The van der Waals surface area contributed by atoms with E-state index in [9.17, 15) is 0 Å². The summed E-state index contributed by atoms with van der Waals surface area (Å²) < 4.78 is 2.58. The first-order valence-electron chi connectivity index (χ1n) is 19.2. The van der Waals surface area contributed by atoms with Crippen molar-refractivity contribution >= 4 is 80.9 Å². The zero-order valence-electron chi connectivity index (χ0n) is 30.6. The number of para-hydroxylation sites is 1. The molecule has 0 unspecified atom stereocenters. The fraction of sp³-hybridized carbons (Fsp3) is 0. The van der Waals surface area contributed by atoms with Gasteiger partial charge in [-0.15, -0.1) is 11.3 Å². The molecule has 0 aliphatic carbocycles. The molecule has 56 heavy (non-hydrogen) atoms. The number of rotatable bonds is 6. The van der Waals surface area contributed by atoms with E-state index in [-0.39, 0.29) is 0 Å². The number of anilines is 3. The molecule has 11 rings (SSSR count). The molecule has 2 heteroatoms. The van der Waals surface area contributed by atoms with Gasteiger partial charge < -0.3 is 4.90 Å². The van der Waals surface area contributed by atoms with Gasteiger partial charge in [0, 0.05) is 31.4 Å². The van der Waals surface area contributed by atoms with Crippen LogP contribution in [-0.4, -0.2) is 0 Å². The van der Waals surface area contributed by atoms with Crippen LogP contribution >= 0.6 is 11.3 Å². The quantitative estimate of drug-likeness (QED) is 0.154. The van der Waals surface area contributed by atoms with Gasteiger partial charge in [-0.05, 0) is 109 Å². The molecule has 0 aliphatic rings. The maximum atomic E-state index is 2.48. The lowest BCUT2D eigenvalue weighted by molar-refractivity contribution is 1.30. The summed E-state index contributed by atoms with van der Waals surface area (Å²) in [7, 11) is 0. The Bertz CT molecular complexity index is 3260. The number of fused-ring (bicyclic) bond motifs is 7. The van der Waals surface area contributed by atoms with E-state index in [0.29, 0.717) is 0 Å². The van der Waals surface area contributed by atoms with Crippen molar-refractivity contribution < 1.29 is 0 Å². The topological polar surface area (TPSA) is 3.24 Å². The smallest absolute Gasteiger partial charge is 0.0555 e. The van der Waals surface area contributed by atoms with Gasteiger partial charge in [-0.2, -0.15) is 0 Å². The lowest BCUT2D eigenvalue weighted by Gasteiger charge is -2.29. The van der Waals surface area contributed by atoms with E-state index < -0.39 is 0 Å². The number of benzene rings is 10. The maximum absolute atomic E-state index is 2.48. The number of hydrogen-bond donors (Lipinski definition) is 0. The van der Waals surface area contributed by atoms with E-state index in [1.165, 1.54) is 91.6 Å². The SMILES string of the molecule is c1cc(-c2ccccc2N(c2ccc(-c3cc4ccccc4c4ccccc34)cc2)c2cccc3sc4ccccc4c23)cc(-c2cccc3ccccc23)c1. The zero-order valence-corrected chi connectivity index (χ0v) is 31.4. The Kier molecular flexibility index (Phi) is 7.75. The van der Waals surface area contributed by atoms with E-state index in [1.54, 1.807) is 0 Å². The third-order valence-corrected chi connectivity index (χ3v) is 12.4. The van der Waals surface area contributed by atoms with Crippen molar-refractivity contribution in [3.8, 4) is 33.4 Å². The molecule has 1 nitrogen and oxygen atoms in total. The molecule has 0 saturated heterocycles. The third-order valence-electron chi connectivity index (χ3n) is 11.2. The van der Waals surface area contributed by atoms with Crippen LogP contribution in [0, 0.1) is 0 Å². The van der Waals surface area contributed by atoms with Crippen LogP contribution in [0.4, 0.5) is 17.1 Å². The van der Waals surface area contributed by atoms with Gasteiger partial charge in [-0.3, -0.25) is 0 Å². The molecule has 1 aromatic heterocycles. The van der Waals surface area contributed by atoms with Crippen LogP contribution in [0.5, 0.6) is 0 Å². The first-order valence-corrected chi connectivity index (χ1v) is 20.0. The molecule has 0 aliphatic heterocycles. The highest BCUT2D eigenvalue weighted by atomic mass is 32.1. The van der Waals surface area contributed by atoms with E-state index in [0.717, 1.165) is 11.4 Å². The van der Waals surface area contributed by atoms with E-state index >= 15 is 0 Å². The van der Waals surface area contributed by atoms with Crippen LogP contribution < -0.4 is 4.90 Å². The van der Waals surface area contributed by atoms with Crippen molar-refractivity contribution in [3.05, 3.63) is 212 Å². The highest BCUT2D eigenvalue weighted by Crippen LogP contribution is 2.48. The van der Waals surface area contributed by atoms with Gasteiger partial charge in [-0.1, -0.05) is 164 Å². The van der Waals surface area contributed by atoms with E-state index in [1.807, 2.05) is 11.3 Å². The summed E-state index contributed by atoms with van der Waals surface area (Å²) in [5, 5.41) is 10.1. The second-order valence-corrected chi connectivity index (χ2v) is 15.5. The highest BCUT2D eigenvalue weighted by Gasteiger charge is 2.22. The van der Waals surface area contributed by atoms with Crippen molar-refractivity contribution in [1.29, 1.82) is 0 Å². The molecule has 0 atom stereocenters. The Morgan fingerprint density at radius 1 is 0.304 bits per heavy atom. The Morgan fingerprint density at radius 3 is 1.73 bits per heavy atom. The maximum Gasteiger partial charge on any atom is 0.0555 e. The third kappa shape index (κ3) is 5.38. The first kappa shape index (κ1) is 32.4. The monoisotopic (exact) mass is 729 g/mol. The minimum Gasteiger partial charge on any atom is -0.309 e. The molecule has 0 saturated carbocycles. The normalized spacial score (nSPS) is 11.6. The molecule has 0 N–H and O–H groups in total. The minimum atomic E-state index is 1.11. The first-order chi connectivity index (χ1) is 27.8. The van der Waals surface area contributed by atoms with Gasteiger partial charge in [-0.25, -0.2) is 0 Å². The van der Waals surface area contributed by atoms with Crippen molar-refractivity contribution in [2.75, 3.05) is 4.90 Å². The summed E-state index contributed by atoms with van der Waals surface area (Å²) in [6, 6.07) is 77.8. The van der Waals surface area contributed by atoms with Gasteiger partial charge in [0.15, 0.2) is 0 Å². The van der Waals surface area contributed by atoms with Crippen molar-refractivity contribution in [2.24, 2.45) is 0 Å². The van der Waals surface area contributed by atoms with Gasteiger partial charge in [0.05, 0.1) is 11.4 Å². The van der Waals surface area contributed by atoms with Crippen molar-refractivity contribution in [1.82, 2.24) is 0 Å². The lowest BCUT2D eigenvalue weighted by atomic mass is 9.93. The molecule has 11 aromatic rings. The van der Waals surface area contributed by atoms with Gasteiger partial charge in [0.25, 0.3) is 0 Å². The van der Waals surface area contributed by atoms with Gasteiger partial charge >= 0.3 is 0 Å². The van der Waals surface area contributed by atoms with Crippen LogP contribution in [0.1, 0.15) is 0 Å². The van der Waals surface area contributed by atoms with Crippen LogP contribution in [0.25, 0.3) is 85.9 Å². The molecule has 1 heterocycles. The molecular formula is C54H35NS. The summed E-state index contributed by atoms with van der Waals surface area (Å²) in [5.74, 6) is 0. The fourth-order valence-electron chi connectivity index (χ4n) is 8.68. The summed E-state index contributed by atoms with van der Waals surface area (Å²) >= 11 is 1.86. The molecule has 0 spiro atoms. The molecular weight excluding hydrogens is 695 g/mol. The molecule has 0 fully saturated rings. The van der Waals surface area contributed by atoms with Crippen LogP contribution in [-0.2, 0) is 0 Å². The Hall–Kier alpha value is -7.00. The van der Waals surface area contributed by atoms with Crippen LogP contribution in [0.15, 0.2) is 212 Å². The highest BCUT2D eigenvalue weighted by molar-refractivity contribution is 7.26. The van der Waals surface area contributed by atoms with E-state index in [2.05, 4.69) is 217 Å². The Balaban J connectivity index is 1.11. The fourth-order valence-corrected chi connectivity index (χ4v) is 9.80. The van der Waals surface area contributed by atoms with Gasteiger partial charge in [0.2, 0.25) is 0 Å². The largest absolute Gasteiger partial charge is 0.309 e. The average Bonchev–Trinajstić information content (AvgIpc) is 3.66. The molecule has 0 radical (unpaired) electrons. The average molecular weight is 730 g/mol. The Morgan fingerprint density at radius 2 is 0.875 bits per heavy atom. The van der Waals surface area contributed by atoms with Crippen LogP contribution in [0.3, 0.4) is 0 Å². The lowest BCUT2D eigenvalue weighted by Crippen LogP contribution is -2.11. The van der Waals surface area contributed by atoms with Gasteiger partial charge in [0.1, 0.15) is 0 Å². The number of nitrogens with zero attached hydrogens (tertiary/aromatic N) is 1. The molecule has 0 amide bonds. The predicted molar refractivity (Wildman–Crippen MR) is 243 cm³/mol. The predicted octanol–water partition coefficient (Wildman–Crippen LogP) is 16.0. The summed E-state index contributed by atoms with van der Waals surface area (Å²) in [5.41, 5.74) is 10.7. The number of thiophene rings is 1. The molecule has 262 valence electrons. The molecule has 0 bridgehead atoms. The van der Waals surface area contributed by atoms with Crippen molar-refractivity contribution in [3.63, 3.8) is 0 Å². The minimum absolute atomic E-state index is 1.11. The second-order valence-electron chi connectivity index (χ2n) is 14.4. The molecule has 10 aromatic carbocycles. The summed E-state index contributed by atoms with van der Waals surface area (Å²) in [6.45, 7) is 0. The second kappa shape index (κ2) is 13.4. The van der Waals surface area contributed by atoms with E-state index in [4.69, 9.17) is 0 Å². The summed E-state index contributed by atoms with van der Waals surface area (Å²) in [4.78, 5) is 2.48. The number of hydrogen-bond acceptors (Lipinski definition) is 2. The standard InChI is InChI=1S/C54H35NS/c1-3-19-42-36(14-1)16-12-25-43(42)38-17-11-18-39(34-38)45-21-7-9-26-50(45)55(51-27-13-29-53-54(51)48-24-8-10-28-52(48)56-53)41-32-30-37(31-33-41)49-35-40-15-2-4-20-44(40)46-22-5-6-23-47(46)49/h1-35H.